The zero-order valence-electron chi connectivity index (χ0n) is 17.2. The van der Waals surface area contributed by atoms with Crippen molar-refractivity contribution in [1.29, 1.82) is 0 Å². The van der Waals surface area contributed by atoms with Crippen LogP contribution in [0.2, 0.25) is 0 Å². The van der Waals surface area contributed by atoms with Crippen molar-refractivity contribution in [2.75, 3.05) is 19.0 Å². The summed E-state index contributed by atoms with van der Waals surface area (Å²) < 4.78 is 10.9. The van der Waals surface area contributed by atoms with E-state index in [0.29, 0.717) is 28.5 Å². The van der Waals surface area contributed by atoms with Crippen LogP contribution in [0.4, 0.5) is 5.00 Å². The van der Waals surface area contributed by atoms with Gasteiger partial charge < -0.3 is 20.5 Å². The van der Waals surface area contributed by atoms with Gasteiger partial charge in [0.05, 0.1) is 12.7 Å². The minimum atomic E-state index is -0.570. The molecule has 1 aromatic heterocycles. The number of carbonyl (C=O) groups is 2. The molecular formula is C23H24N2O4S. The molecule has 0 radical (unpaired) electrons. The standard InChI is InChI=1S/C23H24N2O4S/c1-14-9-10-17(18(11-14)28-3)29-13-20(26)25-23-21(22(24)27)15(2)19(30-23)12-16-7-5-4-6-8-16/h4-11H,12-13H2,1-3H3,(H2,24,27)(H,25,26). The number of hydrogen-bond donors (Lipinski definition) is 2. The van der Waals surface area contributed by atoms with E-state index in [1.165, 1.54) is 11.3 Å². The van der Waals surface area contributed by atoms with Crippen molar-refractivity contribution in [1.82, 2.24) is 0 Å². The van der Waals surface area contributed by atoms with Gasteiger partial charge >= 0.3 is 0 Å². The Balaban J connectivity index is 1.74. The molecule has 0 unspecified atom stereocenters. The summed E-state index contributed by atoms with van der Waals surface area (Å²) in [6.07, 6.45) is 0.657. The first-order chi connectivity index (χ1) is 14.4. The molecule has 3 rings (SSSR count). The highest BCUT2D eigenvalue weighted by atomic mass is 32.1. The highest BCUT2D eigenvalue weighted by molar-refractivity contribution is 7.17. The van der Waals surface area contributed by atoms with E-state index in [1.54, 1.807) is 13.2 Å². The summed E-state index contributed by atoms with van der Waals surface area (Å²) in [5.74, 6) is 0.0744. The van der Waals surface area contributed by atoms with Crippen LogP contribution in [0.5, 0.6) is 11.5 Å². The summed E-state index contributed by atoms with van der Waals surface area (Å²) in [6.45, 7) is 3.57. The minimum absolute atomic E-state index is 0.220. The van der Waals surface area contributed by atoms with Crippen LogP contribution in [0.15, 0.2) is 48.5 Å². The van der Waals surface area contributed by atoms with Gasteiger partial charge in [-0.25, -0.2) is 0 Å². The highest BCUT2D eigenvalue weighted by Crippen LogP contribution is 2.34. The maximum atomic E-state index is 12.5. The van der Waals surface area contributed by atoms with Gasteiger partial charge in [-0.15, -0.1) is 11.3 Å². The molecular weight excluding hydrogens is 400 g/mol. The van der Waals surface area contributed by atoms with E-state index in [0.717, 1.165) is 21.6 Å². The number of nitrogens with one attached hydrogen (secondary N) is 1. The number of anilines is 1. The Bertz CT molecular complexity index is 1060. The molecule has 3 N–H and O–H groups in total. The molecule has 0 aliphatic heterocycles. The number of rotatable bonds is 8. The molecule has 30 heavy (non-hydrogen) atoms. The summed E-state index contributed by atoms with van der Waals surface area (Å²) in [5, 5.41) is 3.21. The van der Waals surface area contributed by atoms with Crippen molar-refractivity contribution in [3.05, 3.63) is 75.7 Å². The molecule has 2 amide bonds. The Kier molecular flexibility index (Phi) is 6.74. The van der Waals surface area contributed by atoms with Crippen molar-refractivity contribution in [2.24, 2.45) is 5.73 Å². The van der Waals surface area contributed by atoms with Crippen LogP contribution in [-0.2, 0) is 11.2 Å². The molecule has 156 valence electrons. The molecule has 3 aromatic rings. The Morgan fingerprint density at radius 3 is 2.47 bits per heavy atom. The van der Waals surface area contributed by atoms with Gasteiger partial charge in [0.25, 0.3) is 11.8 Å². The zero-order valence-corrected chi connectivity index (χ0v) is 18.0. The molecule has 1 heterocycles. The summed E-state index contributed by atoms with van der Waals surface area (Å²) in [6, 6.07) is 15.4. The quantitative estimate of drug-likeness (QED) is 0.570. The maximum absolute atomic E-state index is 12.5. The van der Waals surface area contributed by atoms with E-state index >= 15 is 0 Å². The predicted octanol–water partition coefficient (Wildman–Crippen LogP) is 4.08. The van der Waals surface area contributed by atoms with E-state index in [1.807, 2.05) is 56.3 Å². The van der Waals surface area contributed by atoms with E-state index in [-0.39, 0.29) is 12.5 Å². The first-order valence-corrected chi connectivity index (χ1v) is 10.2. The third kappa shape index (κ3) is 4.99. The first-order valence-electron chi connectivity index (χ1n) is 9.42. The zero-order chi connectivity index (χ0) is 21.7. The first kappa shape index (κ1) is 21.4. The number of amides is 2. The Morgan fingerprint density at radius 2 is 1.80 bits per heavy atom. The molecule has 0 saturated heterocycles. The lowest BCUT2D eigenvalue weighted by atomic mass is 10.1. The van der Waals surface area contributed by atoms with Gasteiger partial charge in [0.2, 0.25) is 0 Å². The normalized spacial score (nSPS) is 10.5. The lowest BCUT2D eigenvalue weighted by molar-refractivity contribution is -0.118. The maximum Gasteiger partial charge on any atom is 0.262 e. The van der Waals surface area contributed by atoms with Crippen LogP contribution in [0.1, 0.15) is 31.9 Å². The van der Waals surface area contributed by atoms with Crippen LogP contribution in [0.25, 0.3) is 0 Å². The van der Waals surface area contributed by atoms with Crippen LogP contribution in [0, 0.1) is 13.8 Å². The van der Waals surface area contributed by atoms with E-state index in [9.17, 15) is 9.59 Å². The van der Waals surface area contributed by atoms with Crippen LogP contribution in [-0.4, -0.2) is 25.5 Å². The summed E-state index contributed by atoms with van der Waals surface area (Å²) in [4.78, 5) is 25.5. The van der Waals surface area contributed by atoms with Crippen molar-refractivity contribution in [3.8, 4) is 11.5 Å². The lowest BCUT2D eigenvalue weighted by Gasteiger charge is -2.11. The summed E-state index contributed by atoms with van der Waals surface area (Å²) >= 11 is 1.36. The Hall–Kier alpha value is -3.32. The van der Waals surface area contributed by atoms with E-state index in [4.69, 9.17) is 15.2 Å². The SMILES string of the molecule is COc1cc(C)ccc1OCC(=O)Nc1sc(Cc2ccccc2)c(C)c1C(N)=O. The average Bonchev–Trinajstić information content (AvgIpc) is 3.02. The Morgan fingerprint density at radius 1 is 1.07 bits per heavy atom. The fraction of sp³-hybridized carbons (Fsp3) is 0.217. The molecule has 7 heteroatoms. The second-order valence-electron chi connectivity index (χ2n) is 6.87. The van der Waals surface area contributed by atoms with Gasteiger partial charge in [-0.3, -0.25) is 9.59 Å². The number of thiophene rings is 1. The Labute approximate surface area is 179 Å². The molecule has 0 aliphatic rings. The number of hydrogen-bond acceptors (Lipinski definition) is 5. The number of primary amides is 1. The van der Waals surface area contributed by atoms with Gasteiger partial charge in [-0.1, -0.05) is 36.4 Å². The second kappa shape index (κ2) is 9.45. The number of nitrogens with two attached hydrogens (primary N) is 1. The molecule has 0 bridgehead atoms. The topological polar surface area (TPSA) is 90.7 Å². The molecule has 0 fully saturated rings. The van der Waals surface area contributed by atoms with E-state index < -0.39 is 5.91 Å². The number of ether oxygens (including phenoxy) is 2. The number of carbonyl (C=O) groups excluding carboxylic acids is 2. The van der Waals surface area contributed by atoms with Gasteiger partial charge in [0.1, 0.15) is 5.00 Å². The largest absolute Gasteiger partial charge is 0.493 e. The fourth-order valence-corrected chi connectivity index (χ4v) is 4.36. The van der Waals surface area contributed by atoms with Gasteiger partial charge in [0.15, 0.2) is 18.1 Å². The van der Waals surface area contributed by atoms with Crippen LogP contribution in [0.3, 0.4) is 0 Å². The monoisotopic (exact) mass is 424 g/mol. The summed E-state index contributed by atoms with van der Waals surface area (Å²) in [5.41, 5.74) is 8.85. The van der Waals surface area contributed by atoms with Gasteiger partial charge in [-0.05, 0) is 42.7 Å². The fourth-order valence-electron chi connectivity index (χ4n) is 3.10. The molecule has 0 spiro atoms. The molecule has 6 nitrogen and oxygen atoms in total. The third-order valence-electron chi connectivity index (χ3n) is 4.63. The third-order valence-corrected chi connectivity index (χ3v) is 5.84. The lowest BCUT2D eigenvalue weighted by Crippen LogP contribution is -2.22. The van der Waals surface area contributed by atoms with Crippen molar-refractivity contribution < 1.29 is 19.1 Å². The number of benzene rings is 2. The van der Waals surface area contributed by atoms with Gasteiger partial charge in [0, 0.05) is 11.3 Å². The second-order valence-corrected chi connectivity index (χ2v) is 7.98. The van der Waals surface area contributed by atoms with Crippen molar-refractivity contribution >= 4 is 28.2 Å². The highest BCUT2D eigenvalue weighted by Gasteiger charge is 2.21. The summed E-state index contributed by atoms with van der Waals surface area (Å²) in [7, 11) is 1.55. The average molecular weight is 425 g/mol. The van der Waals surface area contributed by atoms with E-state index in [2.05, 4.69) is 5.32 Å². The molecule has 0 aliphatic carbocycles. The molecule has 0 atom stereocenters. The number of aryl methyl sites for hydroxylation is 1. The number of methoxy groups -OCH3 is 1. The van der Waals surface area contributed by atoms with Gasteiger partial charge in [-0.2, -0.15) is 0 Å². The predicted molar refractivity (Wildman–Crippen MR) is 119 cm³/mol. The molecule has 0 saturated carbocycles. The van der Waals surface area contributed by atoms with Crippen LogP contribution >= 0.6 is 11.3 Å². The smallest absolute Gasteiger partial charge is 0.262 e. The molecule has 2 aromatic carbocycles. The van der Waals surface area contributed by atoms with Crippen LogP contribution < -0.4 is 20.5 Å². The van der Waals surface area contributed by atoms with Crippen molar-refractivity contribution in [2.45, 2.75) is 20.3 Å². The van der Waals surface area contributed by atoms with Crippen molar-refractivity contribution in [3.63, 3.8) is 0 Å². The minimum Gasteiger partial charge on any atom is -0.493 e.